The van der Waals surface area contributed by atoms with Crippen LogP contribution in [0.3, 0.4) is 0 Å². The summed E-state index contributed by atoms with van der Waals surface area (Å²) in [7, 11) is 0. The van der Waals surface area contributed by atoms with Gasteiger partial charge in [0.25, 0.3) is 17.5 Å². The number of rotatable bonds is 9. The molecular weight excluding hydrogens is 580 g/mol. The number of nitrogens with zero attached hydrogens (tertiary/aromatic N) is 2. The monoisotopic (exact) mass is 606 g/mol. The van der Waals surface area contributed by atoms with Crippen LogP contribution < -0.4 is 15.5 Å². The number of thioether (sulfide) groups is 1. The Hall–Kier alpha value is -5.55. The fourth-order valence-electron chi connectivity index (χ4n) is 4.47. The lowest BCUT2D eigenvalue weighted by Crippen LogP contribution is -2.31. The summed E-state index contributed by atoms with van der Waals surface area (Å²) in [6.07, 6.45) is 1.54. The Morgan fingerprint density at radius 3 is 2.32 bits per heavy atom. The summed E-state index contributed by atoms with van der Waals surface area (Å²) in [5.41, 5.74) is 2.75. The van der Waals surface area contributed by atoms with Crippen LogP contribution in [0.25, 0.3) is 6.08 Å². The first-order valence-corrected chi connectivity index (χ1v) is 14.4. The molecule has 0 spiro atoms. The van der Waals surface area contributed by atoms with Gasteiger partial charge in [-0.3, -0.25) is 29.3 Å². The zero-order valence-electron chi connectivity index (χ0n) is 23.4. The summed E-state index contributed by atoms with van der Waals surface area (Å²) >= 11 is 1.18. The minimum Gasteiger partial charge on any atom is -0.321 e. The highest BCUT2D eigenvalue weighted by atomic mass is 32.2. The third-order valence-electron chi connectivity index (χ3n) is 6.71. The van der Waals surface area contributed by atoms with Crippen molar-refractivity contribution in [3.05, 3.63) is 136 Å². The van der Waals surface area contributed by atoms with Gasteiger partial charge >= 0.3 is 0 Å². The van der Waals surface area contributed by atoms with E-state index in [2.05, 4.69) is 10.6 Å². The highest BCUT2D eigenvalue weighted by Crippen LogP contribution is 2.35. The number of hydrogen-bond acceptors (Lipinski definition) is 7. The quantitative estimate of drug-likeness (QED) is 0.107. The average molecular weight is 607 g/mol. The number of carbonyl (C=O) groups is 4. The van der Waals surface area contributed by atoms with E-state index in [0.717, 1.165) is 16.0 Å². The molecule has 0 saturated carbocycles. The van der Waals surface area contributed by atoms with E-state index >= 15 is 0 Å². The van der Waals surface area contributed by atoms with Gasteiger partial charge in [-0.25, -0.2) is 4.90 Å². The van der Waals surface area contributed by atoms with Crippen molar-refractivity contribution in [1.82, 2.24) is 5.32 Å². The van der Waals surface area contributed by atoms with E-state index in [1.54, 1.807) is 60.7 Å². The number of hydrogen-bond donors (Lipinski definition) is 2. The van der Waals surface area contributed by atoms with Crippen LogP contribution in [0.5, 0.6) is 0 Å². The highest BCUT2D eigenvalue weighted by Gasteiger charge is 2.40. The van der Waals surface area contributed by atoms with Crippen LogP contribution in [0.1, 0.15) is 27.9 Å². The standard InChI is InChI=1S/C33H26N4O6S/c1-21-10-12-22(13-11-21)18-28(35-31(39)23-6-3-2-4-7-23)32(40)34-24-8-5-9-27(19-24)44-29-20-30(38)36(33(29)41)25-14-16-26(17-15-25)37(42)43/h2-19,29H,20H2,1H3,(H,34,40)(H,35,39)/b28-18-/t29-/m0/s1. The van der Waals surface area contributed by atoms with Crippen LogP contribution in [0.2, 0.25) is 0 Å². The predicted octanol–water partition coefficient (Wildman–Crippen LogP) is 5.74. The number of imide groups is 1. The zero-order valence-corrected chi connectivity index (χ0v) is 24.2. The third-order valence-corrected chi connectivity index (χ3v) is 7.89. The molecule has 4 aromatic rings. The Morgan fingerprint density at radius 1 is 0.932 bits per heavy atom. The second kappa shape index (κ2) is 13.2. The lowest BCUT2D eigenvalue weighted by atomic mass is 10.1. The molecule has 1 fully saturated rings. The van der Waals surface area contributed by atoms with Crippen molar-refractivity contribution in [3.8, 4) is 0 Å². The van der Waals surface area contributed by atoms with Crippen molar-refractivity contribution in [2.45, 2.75) is 23.5 Å². The van der Waals surface area contributed by atoms with E-state index in [-0.39, 0.29) is 23.5 Å². The summed E-state index contributed by atoms with van der Waals surface area (Å²) in [6, 6.07) is 28.1. The molecule has 5 rings (SSSR count). The smallest absolute Gasteiger partial charge is 0.272 e. The summed E-state index contributed by atoms with van der Waals surface area (Å²) in [5, 5.41) is 15.8. The summed E-state index contributed by atoms with van der Waals surface area (Å²) < 4.78 is 0. The molecule has 1 aliphatic rings. The van der Waals surface area contributed by atoms with Gasteiger partial charge in [0.2, 0.25) is 11.8 Å². The van der Waals surface area contributed by atoms with Crippen molar-refractivity contribution in [2.75, 3.05) is 10.2 Å². The number of nitro groups is 1. The van der Waals surface area contributed by atoms with Crippen LogP contribution in [0.4, 0.5) is 17.1 Å². The Kier molecular flexibility index (Phi) is 8.96. The molecule has 44 heavy (non-hydrogen) atoms. The van der Waals surface area contributed by atoms with E-state index in [0.29, 0.717) is 16.1 Å². The molecular formula is C33H26N4O6S. The fraction of sp³-hybridized carbons (Fsp3) is 0.0909. The van der Waals surface area contributed by atoms with Gasteiger partial charge in [-0.1, -0.05) is 54.1 Å². The van der Waals surface area contributed by atoms with Gasteiger partial charge in [0, 0.05) is 34.7 Å². The number of amides is 4. The minimum absolute atomic E-state index is 0.0380. The Bertz CT molecular complexity index is 1770. The molecule has 220 valence electrons. The van der Waals surface area contributed by atoms with Gasteiger partial charge in [0.1, 0.15) is 5.70 Å². The van der Waals surface area contributed by atoms with Crippen LogP contribution in [0, 0.1) is 17.0 Å². The van der Waals surface area contributed by atoms with Crippen molar-refractivity contribution >= 4 is 58.5 Å². The normalized spacial score (nSPS) is 14.8. The first-order valence-electron chi connectivity index (χ1n) is 13.5. The SMILES string of the molecule is Cc1ccc(/C=C(\NC(=O)c2ccccc2)C(=O)Nc2cccc(S[C@H]3CC(=O)N(c4ccc([N+](=O)[O-])cc4)C3=O)c2)cc1. The third kappa shape index (κ3) is 7.08. The van der Waals surface area contributed by atoms with Crippen LogP contribution in [-0.4, -0.2) is 33.8 Å². The minimum atomic E-state index is -0.717. The topological polar surface area (TPSA) is 139 Å². The van der Waals surface area contributed by atoms with E-state index in [1.807, 2.05) is 31.2 Å². The van der Waals surface area contributed by atoms with Gasteiger partial charge in [-0.15, -0.1) is 11.8 Å². The Morgan fingerprint density at radius 2 is 1.64 bits per heavy atom. The molecule has 0 radical (unpaired) electrons. The average Bonchev–Trinajstić information content (AvgIpc) is 3.30. The van der Waals surface area contributed by atoms with Crippen molar-refractivity contribution < 1.29 is 24.1 Å². The lowest BCUT2D eigenvalue weighted by molar-refractivity contribution is -0.384. The Balaban J connectivity index is 1.31. The number of non-ortho nitro benzene ring substituents is 1. The molecule has 2 N–H and O–H groups in total. The van der Waals surface area contributed by atoms with Crippen LogP contribution in [-0.2, 0) is 14.4 Å². The van der Waals surface area contributed by atoms with E-state index in [9.17, 15) is 29.3 Å². The summed E-state index contributed by atoms with van der Waals surface area (Å²) in [6.45, 7) is 1.95. The van der Waals surface area contributed by atoms with Crippen molar-refractivity contribution in [2.24, 2.45) is 0 Å². The van der Waals surface area contributed by atoms with Crippen molar-refractivity contribution in [1.29, 1.82) is 0 Å². The fourth-order valence-corrected chi connectivity index (χ4v) is 5.59. The second-order valence-corrected chi connectivity index (χ2v) is 11.2. The molecule has 4 amide bonds. The molecule has 0 aromatic heterocycles. The van der Waals surface area contributed by atoms with Gasteiger partial charge in [0.05, 0.1) is 15.9 Å². The molecule has 11 heteroatoms. The van der Waals surface area contributed by atoms with Gasteiger partial charge in [-0.2, -0.15) is 0 Å². The molecule has 0 bridgehead atoms. The molecule has 4 aromatic carbocycles. The van der Waals surface area contributed by atoms with E-state index < -0.39 is 33.8 Å². The molecule has 1 saturated heterocycles. The second-order valence-electron chi connectivity index (χ2n) is 9.92. The molecule has 0 unspecified atom stereocenters. The maximum absolute atomic E-state index is 13.4. The molecule has 1 aliphatic heterocycles. The number of benzene rings is 4. The van der Waals surface area contributed by atoms with Gasteiger partial charge < -0.3 is 10.6 Å². The lowest BCUT2D eigenvalue weighted by Gasteiger charge is -2.15. The summed E-state index contributed by atoms with van der Waals surface area (Å²) in [5.74, 6) is -1.83. The molecule has 10 nitrogen and oxygen atoms in total. The van der Waals surface area contributed by atoms with Gasteiger partial charge in [-0.05, 0) is 61.0 Å². The van der Waals surface area contributed by atoms with Crippen LogP contribution >= 0.6 is 11.8 Å². The maximum Gasteiger partial charge on any atom is 0.272 e. The van der Waals surface area contributed by atoms with E-state index in [4.69, 9.17) is 0 Å². The zero-order chi connectivity index (χ0) is 31.2. The highest BCUT2D eigenvalue weighted by molar-refractivity contribution is 8.00. The largest absolute Gasteiger partial charge is 0.321 e. The first kappa shape index (κ1) is 29.9. The number of aryl methyl sites for hydroxylation is 1. The molecule has 1 heterocycles. The predicted molar refractivity (Wildman–Crippen MR) is 168 cm³/mol. The summed E-state index contributed by atoms with van der Waals surface area (Å²) in [4.78, 5) is 64.2. The maximum atomic E-state index is 13.4. The first-order chi connectivity index (χ1) is 21.2. The number of carbonyl (C=O) groups excluding carboxylic acids is 4. The molecule has 1 atom stereocenters. The number of nitro benzene ring substituents is 1. The molecule has 0 aliphatic carbocycles. The van der Waals surface area contributed by atoms with Gasteiger partial charge in [0.15, 0.2) is 0 Å². The Labute approximate surface area is 256 Å². The number of nitrogens with one attached hydrogen (secondary N) is 2. The van der Waals surface area contributed by atoms with Crippen molar-refractivity contribution in [3.63, 3.8) is 0 Å². The number of anilines is 2. The van der Waals surface area contributed by atoms with E-state index in [1.165, 1.54) is 36.0 Å². The van der Waals surface area contributed by atoms with Crippen LogP contribution in [0.15, 0.2) is 114 Å².